The fourth-order valence-electron chi connectivity index (χ4n) is 3.83. The van der Waals surface area contributed by atoms with Crippen molar-refractivity contribution < 1.29 is 14.0 Å². The van der Waals surface area contributed by atoms with Gasteiger partial charge in [-0.3, -0.25) is 9.59 Å². The summed E-state index contributed by atoms with van der Waals surface area (Å²) in [5.74, 6) is -0.0262. The SMILES string of the molecule is Cc1ccc(NC(=O)CSc2nc(Cl)cc(N3CCN(C(=O)c4cccc(F)c4)C(C)C3)n2)cc1. The molecule has 2 heterocycles. The number of amides is 2. The van der Waals surface area contributed by atoms with E-state index in [1.807, 2.05) is 43.0 Å². The van der Waals surface area contributed by atoms with Gasteiger partial charge in [0.25, 0.3) is 5.91 Å². The van der Waals surface area contributed by atoms with Crippen LogP contribution in [0.25, 0.3) is 0 Å². The van der Waals surface area contributed by atoms with E-state index < -0.39 is 5.82 Å². The Bertz CT molecular complexity index is 1230. The van der Waals surface area contributed by atoms with Gasteiger partial charge in [-0.05, 0) is 44.2 Å². The van der Waals surface area contributed by atoms with Gasteiger partial charge in [-0.2, -0.15) is 0 Å². The molecule has 10 heteroatoms. The van der Waals surface area contributed by atoms with Crippen LogP contribution in [0.3, 0.4) is 0 Å². The van der Waals surface area contributed by atoms with Gasteiger partial charge in [-0.25, -0.2) is 14.4 Å². The average Bonchev–Trinajstić information content (AvgIpc) is 2.83. The van der Waals surface area contributed by atoms with Gasteiger partial charge in [-0.15, -0.1) is 0 Å². The first-order valence-electron chi connectivity index (χ1n) is 11.1. The van der Waals surface area contributed by atoms with Crippen LogP contribution >= 0.6 is 23.4 Å². The summed E-state index contributed by atoms with van der Waals surface area (Å²) in [6.07, 6.45) is 0. The molecular formula is C25H25ClFN5O2S. The highest BCUT2D eigenvalue weighted by Gasteiger charge is 2.29. The predicted molar refractivity (Wildman–Crippen MR) is 137 cm³/mol. The highest BCUT2D eigenvalue weighted by molar-refractivity contribution is 7.99. The third kappa shape index (κ3) is 6.49. The van der Waals surface area contributed by atoms with Crippen molar-refractivity contribution in [2.24, 2.45) is 0 Å². The molecule has 1 N–H and O–H groups in total. The number of aromatic nitrogens is 2. The summed E-state index contributed by atoms with van der Waals surface area (Å²) >= 11 is 7.45. The Kier molecular flexibility index (Phi) is 7.87. The van der Waals surface area contributed by atoms with E-state index in [1.165, 1.54) is 30.0 Å². The summed E-state index contributed by atoms with van der Waals surface area (Å²) in [7, 11) is 0. The predicted octanol–water partition coefficient (Wildman–Crippen LogP) is 4.66. The number of piperazine rings is 1. The molecule has 2 amide bonds. The van der Waals surface area contributed by atoms with Crippen molar-refractivity contribution in [1.29, 1.82) is 0 Å². The molecule has 182 valence electrons. The van der Waals surface area contributed by atoms with E-state index in [0.717, 1.165) is 11.3 Å². The van der Waals surface area contributed by atoms with Gasteiger partial charge in [0, 0.05) is 43.0 Å². The van der Waals surface area contributed by atoms with E-state index in [1.54, 1.807) is 17.0 Å². The molecule has 1 aliphatic rings. The summed E-state index contributed by atoms with van der Waals surface area (Å²) in [6.45, 7) is 5.46. The van der Waals surface area contributed by atoms with Gasteiger partial charge in [-0.1, -0.05) is 47.1 Å². The Morgan fingerprint density at radius 2 is 1.91 bits per heavy atom. The normalized spacial score (nSPS) is 15.7. The molecule has 3 aromatic rings. The Morgan fingerprint density at radius 1 is 1.14 bits per heavy atom. The first-order valence-corrected chi connectivity index (χ1v) is 12.5. The molecule has 4 rings (SSSR count). The van der Waals surface area contributed by atoms with Crippen molar-refractivity contribution in [3.05, 3.63) is 76.7 Å². The Balaban J connectivity index is 1.37. The van der Waals surface area contributed by atoms with Gasteiger partial charge < -0.3 is 15.1 Å². The molecule has 1 fully saturated rings. The number of hydrogen-bond donors (Lipinski definition) is 1. The maximum atomic E-state index is 13.6. The number of hydrogen-bond acceptors (Lipinski definition) is 6. The lowest BCUT2D eigenvalue weighted by atomic mass is 10.1. The van der Waals surface area contributed by atoms with Gasteiger partial charge >= 0.3 is 0 Å². The molecule has 0 saturated carbocycles. The molecule has 1 saturated heterocycles. The third-order valence-corrected chi connectivity index (χ3v) is 6.65. The van der Waals surface area contributed by atoms with Crippen LogP contribution in [0.2, 0.25) is 5.15 Å². The van der Waals surface area contributed by atoms with Gasteiger partial charge in [0.1, 0.15) is 16.8 Å². The van der Waals surface area contributed by atoms with Gasteiger partial charge in [0.15, 0.2) is 5.16 Å². The van der Waals surface area contributed by atoms with Crippen molar-refractivity contribution in [3.8, 4) is 0 Å². The van der Waals surface area contributed by atoms with Crippen LogP contribution in [0, 0.1) is 12.7 Å². The van der Waals surface area contributed by atoms with Crippen molar-refractivity contribution in [2.45, 2.75) is 25.0 Å². The minimum atomic E-state index is -0.435. The molecule has 0 radical (unpaired) electrons. The minimum Gasteiger partial charge on any atom is -0.353 e. The number of carbonyl (C=O) groups excluding carboxylic acids is 2. The molecule has 0 aliphatic carbocycles. The van der Waals surface area contributed by atoms with Crippen molar-refractivity contribution in [3.63, 3.8) is 0 Å². The highest BCUT2D eigenvalue weighted by atomic mass is 35.5. The summed E-state index contributed by atoms with van der Waals surface area (Å²) in [5, 5.41) is 3.53. The summed E-state index contributed by atoms with van der Waals surface area (Å²) in [5.41, 5.74) is 2.18. The Labute approximate surface area is 212 Å². The van der Waals surface area contributed by atoms with Crippen molar-refractivity contribution in [1.82, 2.24) is 14.9 Å². The second-order valence-corrected chi connectivity index (χ2v) is 9.67. The smallest absolute Gasteiger partial charge is 0.254 e. The van der Waals surface area contributed by atoms with E-state index in [-0.39, 0.29) is 28.8 Å². The van der Waals surface area contributed by atoms with Gasteiger partial charge in [0.05, 0.1) is 5.75 Å². The lowest BCUT2D eigenvalue weighted by Gasteiger charge is -2.40. The Morgan fingerprint density at radius 3 is 2.63 bits per heavy atom. The number of thioether (sulfide) groups is 1. The largest absolute Gasteiger partial charge is 0.353 e. The highest BCUT2D eigenvalue weighted by Crippen LogP contribution is 2.25. The molecule has 1 unspecified atom stereocenters. The molecule has 1 aromatic heterocycles. The standard InChI is InChI=1S/C25H25ClFN5O2S/c1-16-6-8-20(9-7-16)28-23(33)15-35-25-29-21(26)13-22(30-25)31-10-11-32(17(2)14-31)24(34)18-4-3-5-19(27)12-18/h3-9,12-13,17H,10-11,14-15H2,1-2H3,(H,28,33). The molecule has 1 aliphatic heterocycles. The van der Waals surface area contributed by atoms with E-state index in [0.29, 0.717) is 36.2 Å². The average molecular weight is 514 g/mol. The minimum absolute atomic E-state index is 0.121. The fourth-order valence-corrected chi connectivity index (χ4v) is 4.71. The monoisotopic (exact) mass is 513 g/mol. The zero-order valence-electron chi connectivity index (χ0n) is 19.4. The van der Waals surface area contributed by atoms with Crippen LogP contribution in [0.1, 0.15) is 22.8 Å². The topological polar surface area (TPSA) is 78.4 Å². The summed E-state index contributed by atoms with van der Waals surface area (Å²) < 4.78 is 13.6. The first kappa shape index (κ1) is 24.9. The molecule has 2 aromatic carbocycles. The van der Waals surface area contributed by atoms with Crippen LogP contribution < -0.4 is 10.2 Å². The van der Waals surface area contributed by atoms with Crippen molar-refractivity contribution in [2.75, 3.05) is 35.6 Å². The number of halogens is 2. The number of rotatable bonds is 6. The number of nitrogens with zero attached hydrogens (tertiary/aromatic N) is 4. The molecule has 7 nitrogen and oxygen atoms in total. The molecular weight excluding hydrogens is 489 g/mol. The first-order chi connectivity index (χ1) is 16.8. The number of carbonyl (C=O) groups is 2. The van der Waals surface area contributed by atoms with Crippen LogP contribution in [0.5, 0.6) is 0 Å². The number of benzene rings is 2. The molecule has 0 spiro atoms. The van der Waals surface area contributed by atoms with Crippen molar-refractivity contribution >= 4 is 46.7 Å². The maximum Gasteiger partial charge on any atom is 0.254 e. The fraction of sp³-hybridized carbons (Fsp3) is 0.280. The third-order valence-electron chi connectivity index (χ3n) is 5.61. The number of nitrogens with one attached hydrogen (secondary N) is 1. The quantitative estimate of drug-likeness (QED) is 0.293. The molecule has 1 atom stereocenters. The number of aryl methyl sites for hydroxylation is 1. The van der Waals surface area contributed by atoms with Crippen LogP contribution in [0.15, 0.2) is 59.8 Å². The Hall–Kier alpha value is -3.17. The zero-order valence-corrected chi connectivity index (χ0v) is 20.9. The lowest BCUT2D eigenvalue weighted by Crippen LogP contribution is -2.54. The van der Waals surface area contributed by atoms with Crippen LogP contribution in [0.4, 0.5) is 15.9 Å². The van der Waals surface area contributed by atoms with E-state index >= 15 is 0 Å². The summed E-state index contributed by atoms with van der Waals surface area (Å²) in [6, 6.07) is 14.8. The second kappa shape index (κ2) is 11.0. The second-order valence-electron chi connectivity index (χ2n) is 8.34. The van der Waals surface area contributed by atoms with Gasteiger partial charge in [0.2, 0.25) is 5.91 Å². The van der Waals surface area contributed by atoms with E-state index in [9.17, 15) is 14.0 Å². The van der Waals surface area contributed by atoms with E-state index in [4.69, 9.17) is 11.6 Å². The van der Waals surface area contributed by atoms with E-state index in [2.05, 4.69) is 15.3 Å². The zero-order chi connectivity index (χ0) is 24.9. The van der Waals surface area contributed by atoms with Crippen LogP contribution in [-0.2, 0) is 4.79 Å². The summed E-state index contributed by atoms with van der Waals surface area (Å²) in [4.78, 5) is 37.8. The molecule has 35 heavy (non-hydrogen) atoms. The number of anilines is 2. The van der Waals surface area contributed by atoms with Crippen LogP contribution in [-0.4, -0.2) is 58.1 Å². The lowest BCUT2D eigenvalue weighted by molar-refractivity contribution is -0.113. The molecule has 0 bridgehead atoms. The maximum absolute atomic E-state index is 13.6.